The Hall–Kier alpha value is -1.31. The van der Waals surface area contributed by atoms with Gasteiger partial charge >= 0.3 is 0 Å². The first-order valence-electron chi connectivity index (χ1n) is 14.9. The SMILES string of the molecule is CC#CC1(O)CCN(C(=O)CCC(C)[C@H]2CC[C@H]3[C@@H]4CC=C5C[C@@H](O)CC[C@]5(C)[C@H]4CC[C@]23C)CC1. The van der Waals surface area contributed by atoms with E-state index in [4.69, 9.17) is 0 Å². The van der Waals surface area contributed by atoms with Crippen LogP contribution < -0.4 is 0 Å². The topological polar surface area (TPSA) is 60.8 Å². The van der Waals surface area contributed by atoms with Crippen molar-refractivity contribution < 1.29 is 15.0 Å². The van der Waals surface area contributed by atoms with Gasteiger partial charge in [-0.25, -0.2) is 0 Å². The van der Waals surface area contributed by atoms with Crippen molar-refractivity contribution in [2.45, 2.75) is 116 Å². The van der Waals surface area contributed by atoms with Crippen molar-refractivity contribution in [1.29, 1.82) is 0 Å². The maximum Gasteiger partial charge on any atom is 0.222 e. The molecule has 0 aromatic carbocycles. The van der Waals surface area contributed by atoms with Crippen molar-refractivity contribution in [1.82, 2.24) is 4.90 Å². The van der Waals surface area contributed by atoms with Crippen LogP contribution in [0, 0.1) is 52.3 Å². The molecule has 1 saturated heterocycles. The molecule has 5 rings (SSSR count). The predicted molar refractivity (Wildman–Crippen MR) is 144 cm³/mol. The summed E-state index contributed by atoms with van der Waals surface area (Å²) in [7, 11) is 0. The van der Waals surface area contributed by atoms with E-state index in [1.54, 1.807) is 12.5 Å². The molecule has 4 heteroatoms. The highest BCUT2D eigenvalue weighted by Gasteiger charge is 2.59. The minimum Gasteiger partial charge on any atom is -0.393 e. The molecule has 1 amide bonds. The zero-order valence-electron chi connectivity index (χ0n) is 23.2. The highest BCUT2D eigenvalue weighted by Crippen LogP contribution is 2.67. The first kappa shape index (κ1) is 26.3. The van der Waals surface area contributed by atoms with Gasteiger partial charge in [-0.05, 0) is 105 Å². The molecule has 0 bridgehead atoms. The molecule has 1 unspecified atom stereocenters. The molecule has 1 heterocycles. The number of piperidine rings is 1. The zero-order valence-corrected chi connectivity index (χ0v) is 23.2. The van der Waals surface area contributed by atoms with Crippen LogP contribution in [-0.4, -0.2) is 45.8 Å². The number of likely N-dealkylation sites (tertiary alicyclic amines) is 1. The maximum atomic E-state index is 13.0. The van der Waals surface area contributed by atoms with Gasteiger partial charge in [-0.1, -0.05) is 38.3 Å². The van der Waals surface area contributed by atoms with E-state index in [-0.39, 0.29) is 12.0 Å². The fourth-order valence-corrected chi connectivity index (χ4v) is 9.81. The standard InChI is InChI=1S/C32H49NO3/c1-5-14-32(36)17-19-33(20-18-32)29(35)11-6-22(2)26-9-10-27-25-8-7-23-21-24(34)12-15-30(23,3)28(25)13-16-31(26,27)4/h7,22,24-28,34,36H,6,8-13,15-21H2,1-4H3/t22?,24-,25-,26+,27-,28-,30-,31+/m0/s1. The second-order valence-corrected chi connectivity index (χ2v) is 13.7. The van der Waals surface area contributed by atoms with Crippen molar-refractivity contribution in [2.24, 2.45) is 40.4 Å². The van der Waals surface area contributed by atoms with E-state index in [1.807, 2.05) is 4.90 Å². The van der Waals surface area contributed by atoms with Crippen molar-refractivity contribution in [3.63, 3.8) is 0 Å². The highest BCUT2D eigenvalue weighted by atomic mass is 16.3. The van der Waals surface area contributed by atoms with Gasteiger partial charge in [-0.15, -0.1) is 5.92 Å². The highest BCUT2D eigenvalue weighted by molar-refractivity contribution is 5.76. The number of allylic oxidation sites excluding steroid dienone is 1. The zero-order chi connectivity index (χ0) is 25.7. The van der Waals surface area contributed by atoms with Gasteiger partial charge in [0.1, 0.15) is 5.60 Å². The van der Waals surface area contributed by atoms with Crippen molar-refractivity contribution in [3.8, 4) is 11.8 Å². The minimum atomic E-state index is -0.908. The van der Waals surface area contributed by atoms with Gasteiger partial charge in [0.05, 0.1) is 6.10 Å². The third kappa shape index (κ3) is 4.47. The number of rotatable bonds is 4. The summed E-state index contributed by atoms with van der Waals surface area (Å²) in [6.45, 7) is 10.5. The Morgan fingerprint density at radius 1 is 1.11 bits per heavy atom. The maximum absolute atomic E-state index is 13.0. The van der Waals surface area contributed by atoms with Gasteiger partial charge in [0, 0.05) is 32.4 Å². The fourth-order valence-electron chi connectivity index (χ4n) is 9.81. The van der Waals surface area contributed by atoms with Crippen LogP contribution in [0.4, 0.5) is 0 Å². The van der Waals surface area contributed by atoms with Crippen LogP contribution in [0.15, 0.2) is 11.6 Å². The molecule has 5 aliphatic rings. The molecule has 0 spiro atoms. The third-order valence-corrected chi connectivity index (χ3v) is 12.0. The molecular formula is C32H49NO3. The summed E-state index contributed by atoms with van der Waals surface area (Å²) >= 11 is 0. The lowest BCUT2D eigenvalue weighted by atomic mass is 9.47. The van der Waals surface area contributed by atoms with Crippen LogP contribution in [-0.2, 0) is 4.79 Å². The molecule has 0 aromatic heterocycles. The van der Waals surface area contributed by atoms with Crippen LogP contribution in [0.5, 0.6) is 0 Å². The number of hydrogen-bond acceptors (Lipinski definition) is 3. The lowest BCUT2D eigenvalue weighted by Crippen LogP contribution is -2.50. The van der Waals surface area contributed by atoms with E-state index in [1.165, 1.54) is 32.1 Å². The van der Waals surface area contributed by atoms with Gasteiger partial charge in [0.15, 0.2) is 0 Å². The smallest absolute Gasteiger partial charge is 0.222 e. The summed E-state index contributed by atoms with van der Waals surface area (Å²) in [5.41, 5.74) is 1.36. The van der Waals surface area contributed by atoms with Crippen molar-refractivity contribution in [2.75, 3.05) is 13.1 Å². The number of amides is 1. The first-order valence-corrected chi connectivity index (χ1v) is 14.9. The lowest BCUT2D eigenvalue weighted by molar-refractivity contribution is -0.134. The lowest BCUT2D eigenvalue weighted by Gasteiger charge is -2.58. The predicted octanol–water partition coefficient (Wildman–Crippen LogP) is 5.72. The summed E-state index contributed by atoms with van der Waals surface area (Å²) in [6, 6.07) is 0. The van der Waals surface area contributed by atoms with E-state index in [0.717, 1.165) is 43.4 Å². The Morgan fingerprint density at radius 3 is 2.58 bits per heavy atom. The Labute approximate surface area is 219 Å². The Balaban J connectivity index is 1.19. The minimum absolute atomic E-state index is 0.129. The number of aliphatic hydroxyl groups is 2. The molecule has 36 heavy (non-hydrogen) atoms. The first-order chi connectivity index (χ1) is 17.1. The summed E-state index contributed by atoms with van der Waals surface area (Å²) in [4.78, 5) is 15.0. The summed E-state index contributed by atoms with van der Waals surface area (Å²) in [5.74, 6) is 9.70. The number of carbonyl (C=O) groups excluding carboxylic acids is 1. The molecule has 2 N–H and O–H groups in total. The molecule has 1 aliphatic heterocycles. The van der Waals surface area contributed by atoms with Crippen LogP contribution in [0.1, 0.15) is 105 Å². The molecule has 0 aromatic rings. The van der Waals surface area contributed by atoms with E-state index in [2.05, 4.69) is 38.7 Å². The van der Waals surface area contributed by atoms with Crippen LogP contribution in [0.2, 0.25) is 0 Å². The quantitative estimate of drug-likeness (QED) is 0.387. The number of hydrogen-bond donors (Lipinski definition) is 2. The van der Waals surface area contributed by atoms with Gasteiger partial charge in [0.2, 0.25) is 5.91 Å². The average molecular weight is 496 g/mol. The molecule has 4 fully saturated rings. The van der Waals surface area contributed by atoms with Crippen LogP contribution in [0.25, 0.3) is 0 Å². The van der Waals surface area contributed by atoms with Crippen LogP contribution in [0.3, 0.4) is 0 Å². The Bertz CT molecular complexity index is 937. The Kier molecular flexibility index (Phi) is 7.14. The third-order valence-electron chi connectivity index (χ3n) is 12.0. The summed E-state index contributed by atoms with van der Waals surface area (Å²) in [6.07, 6.45) is 14.7. The summed E-state index contributed by atoms with van der Waals surface area (Å²) < 4.78 is 0. The number of fused-ring (bicyclic) bond motifs is 5. The number of nitrogens with zero attached hydrogens (tertiary/aromatic N) is 1. The largest absolute Gasteiger partial charge is 0.393 e. The van der Waals surface area contributed by atoms with E-state index in [9.17, 15) is 15.0 Å². The molecule has 200 valence electrons. The molecule has 4 nitrogen and oxygen atoms in total. The molecule has 3 saturated carbocycles. The molecular weight excluding hydrogens is 446 g/mol. The fraction of sp³-hybridized carbons (Fsp3) is 0.844. The molecule has 0 radical (unpaired) electrons. The van der Waals surface area contributed by atoms with Gasteiger partial charge < -0.3 is 15.1 Å². The van der Waals surface area contributed by atoms with Crippen LogP contribution >= 0.6 is 0 Å². The summed E-state index contributed by atoms with van der Waals surface area (Å²) in [5, 5.41) is 20.8. The number of aliphatic hydroxyl groups excluding tert-OH is 1. The molecule has 8 atom stereocenters. The van der Waals surface area contributed by atoms with E-state index < -0.39 is 5.60 Å². The average Bonchev–Trinajstić information content (AvgIpc) is 3.20. The monoisotopic (exact) mass is 495 g/mol. The van der Waals surface area contributed by atoms with Crippen molar-refractivity contribution >= 4 is 5.91 Å². The second kappa shape index (κ2) is 9.77. The normalized spacial score (nSPS) is 42.2. The second-order valence-electron chi connectivity index (χ2n) is 13.7. The van der Waals surface area contributed by atoms with Crippen molar-refractivity contribution in [3.05, 3.63) is 11.6 Å². The van der Waals surface area contributed by atoms with Gasteiger partial charge in [-0.3, -0.25) is 4.79 Å². The van der Waals surface area contributed by atoms with E-state index >= 15 is 0 Å². The number of carbonyl (C=O) groups is 1. The van der Waals surface area contributed by atoms with Gasteiger partial charge in [0.25, 0.3) is 0 Å². The molecule has 4 aliphatic carbocycles. The van der Waals surface area contributed by atoms with Gasteiger partial charge in [-0.2, -0.15) is 0 Å². The van der Waals surface area contributed by atoms with E-state index in [0.29, 0.717) is 55.0 Å². The Morgan fingerprint density at radius 2 is 1.86 bits per heavy atom.